The summed E-state index contributed by atoms with van der Waals surface area (Å²) in [6.45, 7) is 8.19. The minimum atomic E-state index is -0.677. The highest BCUT2D eigenvalue weighted by molar-refractivity contribution is 6.17. The maximum Gasteiger partial charge on any atom is 0.345 e. The van der Waals surface area contributed by atoms with Gasteiger partial charge >= 0.3 is 11.9 Å². The molecular formula is C18H25NO4. The molecule has 1 rings (SSSR count). The fraction of sp³-hybridized carbons (Fsp3) is 0.444. The van der Waals surface area contributed by atoms with Gasteiger partial charge in [0.1, 0.15) is 5.57 Å². The van der Waals surface area contributed by atoms with Crippen LogP contribution < -0.4 is 5.73 Å². The van der Waals surface area contributed by atoms with Gasteiger partial charge in [-0.3, -0.25) is 0 Å². The molecule has 0 heterocycles. The van der Waals surface area contributed by atoms with E-state index >= 15 is 0 Å². The van der Waals surface area contributed by atoms with E-state index in [0.29, 0.717) is 11.3 Å². The van der Waals surface area contributed by atoms with Crippen molar-refractivity contribution in [1.29, 1.82) is 0 Å². The van der Waals surface area contributed by atoms with Crippen molar-refractivity contribution in [1.82, 2.24) is 0 Å². The Kier molecular flexibility index (Phi) is 7.32. The van der Waals surface area contributed by atoms with E-state index in [0.717, 1.165) is 0 Å². The zero-order valence-electron chi connectivity index (χ0n) is 14.2. The summed E-state index contributed by atoms with van der Waals surface area (Å²) in [6.07, 6.45) is 1.46. The molecule has 0 aromatic heterocycles. The molecule has 5 heteroatoms. The molecule has 0 atom stereocenters. The van der Waals surface area contributed by atoms with Crippen LogP contribution in [0.1, 0.15) is 33.3 Å². The topological polar surface area (TPSA) is 78.6 Å². The molecule has 0 amide bonds. The SMILES string of the molecule is CC(C)COC(=O)C(=Cc1ccc(N)cc1)C(=O)OCC(C)C. The van der Waals surface area contributed by atoms with Gasteiger partial charge in [-0.05, 0) is 35.6 Å². The molecule has 0 radical (unpaired) electrons. The number of hydrogen-bond donors (Lipinski definition) is 1. The zero-order chi connectivity index (χ0) is 17.4. The first-order valence-corrected chi connectivity index (χ1v) is 7.71. The lowest BCUT2D eigenvalue weighted by Gasteiger charge is -2.11. The van der Waals surface area contributed by atoms with Crippen LogP contribution >= 0.6 is 0 Å². The molecule has 0 bridgehead atoms. The van der Waals surface area contributed by atoms with Crippen LogP contribution in [0.2, 0.25) is 0 Å². The number of carbonyl (C=O) groups excluding carboxylic acids is 2. The van der Waals surface area contributed by atoms with Crippen molar-refractivity contribution >= 4 is 23.7 Å². The summed E-state index contributed by atoms with van der Waals surface area (Å²) in [6, 6.07) is 6.84. The van der Waals surface area contributed by atoms with Crippen LogP contribution in [0, 0.1) is 11.8 Å². The van der Waals surface area contributed by atoms with Gasteiger partial charge < -0.3 is 15.2 Å². The van der Waals surface area contributed by atoms with Crippen LogP contribution in [0.3, 0.4) is 0 Å². The van der Waals surface area contributed by atoms with Crippen molar-refractivity contribution in [3.8, 4) is 0 Å². The average molecular weight is 319 g/mol. The molecule has 1 aromatic carbocycles. The molecule has 0 fully saturated rings. The van der Waals surface area contributed by atoms with Crippen LogP contribution in [-0.4, -0.2) is 25.2 Å². The van der Waals surface area contributed by atoms with Gasteiger partial charge in [0.05, 0.1) is 13.2 Å². The van der Waals surface area contributed by atoms with Gasteiger partial charge in [0.25, 0.3) is 0 Å². The first-order chi connectivity index (χ1) is 10.8. The second-order valence-corrected chi connectivity index (χ2v) is 6.21. The normalized spacial score (nSPS) is 10.5. The number of ether oxygens (including phenoxy) is 2. The van der Waals surface area contributed by atoms with Gasteiger partial charge in [0, 0.05) is 5.69 Å². The average Bonchev–Trinajstić information content (AvgIpc) is 2.49. The fourth-order valence-corrected chi connectivity index (χ4v) is 1.60. The summed E-state index contributed by atoms with van der Waals surface area (Å²) in [5.41, 5.74) is 6.80. The number of carbonyl (C=O) groups is 2. The van der Waals surface area contributed by atoms with E-state index in [9.17, 15) is 9.59 Å². The van der Waals surface area contributed by atoms with Crippen molar-refractivity contribution in [2.75, 3.05) is 18.9 Å². The fourth-order valence-electron chi connectivity index (χ4n) is 1.60. The lowest BCUT2D eigenvalue weighted by atomic mass is 10.1. The van der Waals surface area contributed by atoms with Gasteiger partial charge in [-0.25, -0.2) is 9.59 Å². The van der Waals surface area contributed by atoms with Crippen LogP contribution in [0.4, 0.5) is 5.69 Å². The molecule has 1 aromatic rings. The Hall–Kier alpha value is -2.30. The quantitative estimate of drug-likeness (QED) is 0.275. The number of rotatable bonds is 7. The molecule has 0 aliphatic rings. The second kappa shape index (κ2) is 8.98. The first-order valence-electron chi connectivity index (χ1n) is 7.71. The van der Waals surface area contributed by atoms with Crippen molar-refractivity contribution in [2.45, 2.75) is 27.7 Å². The maximum absolute atomic E-state index is 12.2. The highest BCUT2D eigenvalue weighted by Gasteiger charge is 2.22. The second-order valence-electron chi connectivity index (χ2n) is 6.21. The third kappa shape index (κ3) is 7.00. The molecule has 0 spiro atoms. The molecule has 5 nitrogen and oxygen atoms in total. The van der Waals surface area contributed by atoms with E-state index in [2.05, 4.69) is 0 Å². The molecule has 0 aliphatic heterocycles. The van der Waals surface area contributed by atoms with Gasteiger partial charge in [-0.15, -0.1) is 0 Å². The Morgan fingerprint density at radius 3 is 1.78 bits per heavy atom. The van der Waals surface area contributed by atoms with Crippen LogP contribution in [0.25, 0.3) is 6.08 Å². The summed E-state index contributed by atoms with van der Waals surface area (Å²) in [7, 11) is 0. The van der Waals surface area contributed by atoms with Gasteiger partial charge in [0.15, 0.2) is 0 Å². The molecule has 2 N–H and O–H groups in total. The van der Waals surface area contributed by atoms with E-state index < -0.39 is 11.9 Å². The number of hydrogen-bond acceptors (Lipinski definition) is 5. The number of nitrogens with two attached hydrogens (primary N) is 1. The highest BCUT2D eigenvalue weighted by Crippen LogP contribution is 2.13. The van der Waals surface area contributed by atoms with E-state index in [1.807, 2.05) is 27.7 Å². The van der Waals surface area contributed by atoms with Gasteiger partial charge in [-0.1, -0.05) is 39.8 Å². The predicted molar refractivity (Wildman–Crippen MR) is 90.4 cm³/mol. The Bertz CT molecular complexity index is 533. The van der Waals surface area contributed by atoms with Crippen molar-refractivity contribution in [3.63, 3.8) is 0 Å². The molecule has 0 aliphatic carbocycles. The molecule has 0 saturated carbocycles. The summed E-state index contributed by atoms with van der Waals surface area (Å²) >= 11 is 0. The number of nitrogen functional groups attached to an aromatic ring is 1. The maximum atomic E-state index is 12.2. The molecule has 23 heavy (non-hydrogen) atoms. The highest BCUT2D eigenvalue weighted by atomic mass is 16.6. The van der Waals surface area contributed by atoms with Crippen LogP contribution in [0.15, 0.2) is 29.8 Å². The van der Waals surface area contributed by atoms with E-state index in [4.69, 9.17) is 15.2 Å². The standard InChI is InChI=1S/C18H25NO4/c1-12(2)10-22-17(20)16(18(21)23-11-13(3)4)9-14-5-7-15(19)8-6-14/h5-9,12-13H,10-11,19H2,1-4H3. The first kappa shape index (κ1) is 18.7. The number of benzene rings is 1. The summed E-state index contributed by atoms with van der Waals surface area (Å²) < 4.78 is 10.3. The van der Waals surface area contributed by atoms with Crippen molar-refractivity contribution in [3.05, 3.63) is 35.4 Å². The Morgan fingerprint density at radius 1 is 0.957 bits per heavy atom. The molecule has 126 valence electrons. The van der Waals surface area contributed by atoms with Crippen molar-refractivity contribution < 1.29 is 19.1 Å². The lowest BCUT2D eigenvalue weighted by Crippen LogP contribution is -2.21. The number of anilines is 1. The molecular weight excluding hydrogens is 294 g/mol. The minimum absolute atomic E-state index is 0.115. The zero-order valence-corrected chi connectivity index (χ0v) is 14.2. The Labute approximate surface area is 137 Å². The van der Waals surface area contributed by atoms with Crippen molar-refractivity contribution in [2.24, 2.45) is 11.8 Å². The number of esters is 2. The van der Waals surface area contributed by atoms with Gasteiger partial charge in [-0.2, -0.15) is 0 Å². The smallest absolute Gasteiger partial charge is 0.345 e. The van der Waals surface area contributed by atoms with E-state index in [1.165, 1.54) is 6.08 Å². The van der Waals surface area contributed by atoms with Gasteiger partial charge in [0.2, 0.25) is 0 Å². The lowest BCUT2D eigenvalue weighted by molar-refractivity contribution is -0.148. The van der Waals surface area contributed by atoms with Crippen LogP contribution in [-0.2, 0) is 19.1 Å². The monoisotopic (exact) mass is 319 g/mol. The molecule has 0 unspecified atom stereocenters. The summed E-state index contributed by atoms with van der Waals surface area (Å²) in [4.78, 5) is 24.4. The predicted octanol–water partition coefficient (Wildman–Crippen LogP) is 3.05. The summed E-state index contributed by atoms with van der Waals surface area (Å²) in [5, 5.41) is 0. The minimum Gasteiger partial charge on any atom is -0.462 e. The summed E-state index contributed by atoms with van der Waals surface area (Å²) in [5.74, 6) is -0.986. The van der Waals surface area contributed by atoms with E-state index in [1.54, 1.807) is 24.3 Å². The Balaban J connectivity index is 2.97. The largest absolute Gasteiger partial charge is 0.462 e. The van der Waals surface area contributed by atoms with E-state index in [-0.39, 0.29) is 30.6 Å². The Morgan fingerprint density at radius 2 is 1.39 bits per heavy atom. The molecule has 0 saturated heterocycles. The third-order valence-electron chi connectivity index (χ3n) is 2.78. The van der Waals surface area contributed by atoms with Crippen LogP contribution in [0.5, 0.6) is 0 Å². The third-order valence-corrected chi connectivity index (χ3v) is 2.78.